The second-order valence-corrected chi connectivity index (χ2v) is 6.02. The number of imide groups is 1. The lowest BCUT2D eigenvalue weighted by Gasteiger charge is -2.12. The molecule has 0 atom stereocenters. The fourth-order valence-corrected chi connectivity index (χ4v) is 2.74. The smallest absolute Gasteiger partial charge is 0.324 e. The van der Waals surface area contributed by atoms with Crippen LogP contribution in [0.2, 0.25) is 0 Å². The van der Waals surface area contributed by atoms with E-state index < -0.39 is 17.8 Å². The molecule has 0 saturated heterocycles. The van der Waals surface area contributed by atoms with Crippen molar-refractivity contribution in [2.75, 3.05) is 0 Å². The number of benzene rings is 3. The molecule has 0 aliphatic carbocycles. The predicted molar refractivity (Wildman–Crippen MR) is 101 cm³/mol. The summed E-state index contributed by atoms with van der Waals surface area (Å²) in [5, 5.41) is 0.496. The van der Waals surface area contributed by atoms with Gasteiger partial charge < -0.3 is 4.84 Å². The van der Waals surface area contributed by atoms with Crippen LogP contribution < -0.4 is 0 Å². The zero-order valence-corrected chi connectivity index (χ0v) is 14.6. The highest BCUT2D eigenvalue weighted by atomic mass is 16.7. The number of nitrogens with zero attached hydrogens (tertiary/aromatic N) is 1. The molecule has 0 N–H and O–H groups in total. The molecule has 0 unspecified atom stereocenters. The van der Waals surface area contributed by atoms with Gasteiger partial charge in [0.2, 0.25) is 0 Å². The van der Waals surface area contributed by atoms with E-state index in [0.29, 0.717) is 5.06 Å². The third kappa shape index (κ3) is 3.27. The third-order valence-corrected chi connectivity index (χ3v) is 4.18. The Morgan fingerprint density at radius 1 is 0.679 bits per heavy atom. The predicted octanol–water partition coefficient (Wildman–Crippen LogP) is 3.45. The van der Waals surface area contributed by atoms with Crippen LogP contribution in [0.15, 0.2) is 78.9 Å². The second-order valence-electron chi connectivity index (χ2n) is 6.02. The molecule has 1 heterocycles. The van der Waals surface area contributed by atoms with Gasteiger partial charge in [-0.2, -0.15) is 0 Å². The van der Waals surface area contributed by atoms with Gasteiger partial charge in [-0.05, 0) is 48.5 Å². The Bertz CT molecular complexity index is 1100. The summed E-state index contributed by atoms with van der Waals surface area (Å²) in [4.78, 5) is 41.9. The van der Waals surface area contributed by atoms with Crippen LogP contribution in [0.4, 0.5) is 0 Å². The standard InChI is InChI=1S/C23H13NO4/c25-21-19-8-4-5-9-20(19)22(26)24(21)28-23(27)18-14-12-17(13-15-18)11-10-16-6-2-1-3-7-16/h1-9,12-15H. The Labute approximate surface area is 161 Å². The Morgan fingerprint density at radius 3 is 1.75 bits per heavy atom. The van der Waals surface area contributed by atoms with Crippen molar-refractivity contribution in [2.45, 2.75) is 0 Å². The van der Waals surface area contributed by atoms with E-state index in [9.17, 15) is 14.4 Å². The van der Waals surface area contributed by atoms with Crippen LogP contribution in [-0.4, -0.2) is 22.8 Å². The van der Waals surface area contributed by atoms with Crippen molar-refractivity contribution in [3.63, 3.8) is 0 Å². The number of hydroxylamine groups is 2. The van der Waals surface area contributed by atoms with Gasteiger partial charge in [0, 0.05) is 11.1 Å². The van der Waals surface area contributed by atoms with Gasteiger partial charge in [0.15, 0.2) is 0 Å². The summed E-state index contributed by atoms with van der Waals surface area (Å²) < 4.78 is 0. The van der Waals surface area contributed by atoms with Crippen LogP contribution >= 0.6 is 0 Å². The van der Waals surface area contributed by atoms with Crippen LogP contribution in [0, 0.1) is 11.8 Å². The first kappa shape index (κ1) is 17.3. The number of hydrogen-bond acceptors (Lipinski definition) is 4. The molecule has 0 bridgehead atoms. The summed E-state index contributed by atoms with van der Waals surface area (Å²) in [6.07, 6.45) is 0. The van der Waals surface area contributed by atoms with Crippen LogP contribution in [0.1, 0.15) is 42.2 Å². The Balaban J connectivity index is 1.47. The second kappa shape index (κ2) is 7.22. The fraction of sp³-hybridized carbons (Fsp3) is 0. The largest absolute Gasteiger partial charge is 0.363 e. The molecule has 28 heavy (non-hydrogen) atoms. The number of carbonyl (C=O) groups excluding carboxylic acids is 3. The van der Waals surface area contributed by atoms with Gasteiger partial charge in [0.25, 0.3) is 11.8 Å². The zero-order valence-electron chi connectivity index (χ0n) is 14.6. The molecule has 1 aliphatic heterocycles. The molecule has 2 amide bonds. The molecule has 0 saturated carbocycles. The van der Waals surface area contributed by atoms with Crippen molar-refractivity contribution >= 4 is 17.8 Å². The number of amides is 2. The number of hydrogen-bond donors (Lipinski definition) is 0. The van der Waals surface area contributed by atoms with Crippen molar-refractivity contribution < 1.29 is 19.2 Å². The van der Waals surface area contributed by atoms with Crippen LogP contribution in [-0.2, 0) is 4.84 Å². The monoisotopic (exact) mass is 367 g/mol. The van der Waals surface area contributed by atoms with E-state index in [1.807, 2.05) is 30.3 Å². The van der Waals surface area contributed by atoms with Gasteiger partial charge in [-0.25, -0.2) is 4.79 Å². The van der Waals surface area contributed by atoms with Gasteiger partial charge in [-0.15, -0.1) is 0 Å². The van der Waals surface area contributed by atoms with Gasteiger partial charge in [-0.1, -0.05) is 47.2 Å². The van der Waals surface area contributed by atoms with Crippen LogP contribution in [0.3, 0.4) is 0 Å². The Hall–Kier alpha value is -4.17. The summed E-state index contributed by atoms with van der Waals surface area (Å²) in [5.41, 5.74) is 2.25. The quantitative estimate of drug-likeness (QED) is 0.514. The van der Waals surface area contributed by atoms with Crippen molar-refractivity contribution in [2.24, 2.45) is 0 Å². The maximum absolute atomic E-state index is 12.3. The highest BCUT2D eigenvalue weighted by Gasteiger charge is 2.38. The topological polar surface area (TPSA) is 63.7 Å². The molecule has 4 rings (SSSR count). The molecule has 1 aliphatic rings. The molecule has 5 heteroatoms. The van der Waals surface area contributed by atoms with E-state index >= 15 is 0 Å². The number of rotatable bonds is 2. The first-order chi connectivity index (χ1) is 13.6. The SMILES string of the molecule is O=C(ON1C(=O)c2ccccc2C1=O)c1ccc(C#Cc2ccccc2)cc1. The summed E-state index contributed by atoms with van der Waals surface area (Å²) in [7, 11) is 0. The average Bonchev–Trinajstić information content (AvgIpc) is 2.98. The lowest BCUT2D eigenvalue weighted by molar-refractivity contribution is -0.0584. The fourth-order valence-electron chi connectivity index (χ4n) is 2.74. The third-order valence-electron chi connectivity index (χ3n) is 4.18. The molecule has 0 spiro atoms. The van der Waals surface area contributed by atoms with E-state index in [1.165, 1.54) is 24.3 Å². The molecule has 3 aromatic carbocycles. The van der Waals surface area contributed by atoms with Crippen molar-refractivity contribution in [3.8, 4) is 11.8 Å². The van der Waals surface area contributed by atoms with E-state index in [4.69, 9.17) is 4.84 Å². The van der Waals surface area contributed by atoms with Gasteiger partial charge in [0.05, 0.1) is 16.7 Å². The van der Waals surface area contributed by atoms with E-state index in [0.717, 1.165) is 11.1 Å². The minimum Gasteiger partial charge on any atom is -0.324 e. The van der Waals surface area contributed by atoms with Crippen LogP contribution in [0.25, 0.3) is 0 Å². The highest BCUT2D eigenvalue weighted by molar-refractivity contribution is 6.21. The minimum atomic E-state index is -0.794. The van der Waals surface area contributed by atoms with Crippen molar-refractivity contribution in [3.05, 3.63) is 107 Å². The van der Waals surface area contributed by atoms with Gasteiger partial charge in [-0.3, -0.25) is 9.59 Å². The van der Waals surface area contributed by atoms with Gasteiger partial charge >= 0.3 is 5.97 Å². The number of fused-ring (bicyclic) bond motifs is 1. The molecule has 0 fully saturated rings. The summed E-state index contributed by atoms with van der Waals surface area (Å²) in [5.74, 6) is 3.93. The highest BCUT2D eigenvalue weighted by Crippen LogP contribution is 2.23. The Kier molecular flexibility index (Phi) is 4.45. The maximum Gasteiger partial charge on any atom is 0.363 e. The number of carbonyl (C=O) groups is 3. The molecule has 134 valence electrons. The van der Waals surface area contributed by atoms with E-state index in [1.54, 1.807) is 24.3 Å². The maximum atomic E-state index is 12.3. The van der Waals surface area contributed by atoms with Crippen molar-refractivity contribution in [1.29, 1.82) is 0 Å². The first-order valence-corrected chi connectivity index (χ1v) is 8.51. The molecule has 0 radical (unpaired) electrons. The summed E-state index contributed by atoms with van der Waals surface area (Å²) >= 11 is 0. The first-order valence-electron chi connectivity index (χ1n) is 8.51. The van der Waals surface area contributed by atoms with E-state index in [2.05, 4.69) is 11.8 Å². The summed E-state index contributed by atoms with van der Waals surface area (Å²) in [6, 6.07) is 22.3. The lowest BCUT2D eigenvalue weighted by Crippen LogP contribution is -2.32. The van der Waals surface area contributed by atoms with Crippen LogP contribution in [0.5, 0.6) is 0 Å². The lowest BCUT2D eigenvalue weighted by atomic mass is 10.1. The van der Waals surface area contributed by atoms with Gasteiger partial charge in [0.1, 0.15) is 0 Å². The minimum absolute atomic E-state index is 0.210. The normalized spacial score (nSPS) is 12.2. The summed E-state index contributed by atoms with van der Waals surface area (Å²) in [6.45, 7) is 0. The Morgan fingerprint density at radius 2 is 1.18 bits per heavy atom. The average molecular weight is 367 g/mol. The zero-order chi connectivity index (χ0) is 19.5. The molecule has 0 aromatic heterocycles. The molecular formula is C23H13NO4. The van der Waals surface area contributed by atoms with E-state index in [-0.39, 0.29) is 16.7 Å². The molecule has 5 nitrogen and oxygen atoms in total. The molecule has 3 aromatic rings. The van der Waals surface area contributed by atoms with Crippen molar-refractivity contribution in [1.82, 2.24) is 5.06 Å². The molecular weight excluding hydrogens is 354 g/mol.